The summed E-state index contributed by atoms with van der Waals surface area (Å²) in [4.78, 5) is 24.9. The first-order chi connectivity index (χ1) is 9.58. The lowest BCUT2D eigenvalue weighted by Crippen LogP contribution is -2.53. The van der Waals surface area contributed by atoms with E-state index >= 15 is 0 Å². The molecule has 6 heteroatoms. The van der Waals surface area contributed by atoms with Gasteiger partial charge < -0.3 is 20.1 Å². The number of carbonyl (C=O) groups is 2. The lowest BCUT2D eigenvalue weighted by atomic mass is 9.84. The van der Waals surface area contributed by atoms with Crippen molar-refractivity contribution in [3.8, 4) is 0 Å². The summed E-state index contributed by atoms with van der Waals surface area (Å²) in [6.45, 7) is 4.34. The number of ether oxygens (including phenoxy) is 1. The first kappa shape index (κ1) is 15.1. The topological polar surface area (TPSA) is 78.9 Å². The highest BCUT2D eigenvalue weighted by molar-refractivity contribution is 5.71. The minimum Gasteiger partial charge on any atom is -0.481 e. The number of carboxylic acid groups (broad SMARTS) is 1. The van der Waals surface area contributed by atoms with Gasteiger partial charge in [0.2, 0.25) is 0 Å². The molecule has 2 rings (SSSR count). The Balaban J connectivity index is 1.89. The molecule has 2 aliphatic rings. The molecule has 1 saturated carbocycles. The second kappa shape index (κ2) is 6.92. The third-order valence-electron chi connectivity index (χ3n) is 4.21. The molecule has 20 heavy (non-hydrogen) atoms. The summed E-state index contributed by atoms with van der Waals surface area (Å²) in [7, 11) is 0. The van der Waals surface area contributed by atoms with Crippen molar-refractivity contribution in [3.05, 3.63) is 0 Å². The van der Waals surface area contributed by atoms with Gasteiger partial charge in [-0.05, 0) is 32.1 Å². The van der Waals surface area contributed by atoms with E-state index in [2.05, 4.69) is 10.2 Å². The maximum absolute atomic E-state index is 11.5. The highest BCUT2D eigenvalue weighted by Crippen LogP contribution is 2.29. The van der Waals surface area contributed by atoms with Crippen molar-refractivity contribution in [2.24, 2.45) is 11.8 Å². The van der Waals surface area contributed by atoms with E-state index < -0.39 is 18.0 Å². The molecule has 2 atom stereocenters. The van der Waals surface area contributed by atoms with E-state index in [1.54, 1.807) is 6.92 Å². The van der Waals surface area contributed by atoms with E-state index in [4.69, 9.17) is 4.74 Å². The smallest absolute Gasteiger partial charge is 0.407 e. The van der Waals surface area contributed by atoms with Gasteiger partial charge in [-0.25, -0.2) is 4.79 Å². The molecule has 0 bridgehead atoms. The van der Waals surface area contributed by atoms with Crippen LogP contribution in [0.4, 0.5) is 4.79 Å². The molecule has 0 radical (unpaired) electrons. The van der Waals surface area contributed by atoms with E-state index in [0.29, 0.717) is 25.5 Å². The molecule has 1 amide bonds. The average Bonchev–Trinajstić information content (AvgIpc) is 2.34. The maximum Gasteiger partial charge on any atom is 0.407 e. The van der Waals surface area contributed by atoms with Crippen molar-refractivity contribution in [2.75, 3.05) is 26.2 Å². The van der Waals surface area contributed by atoms with Crippen LogP contribution in [0, 0.1) is 11.8 Å². The fraction of sp³-hybridized carbons (Fsp3) is 0.857. The predicted molar refractivity (Wildman–Crippen MR) is 73.5 cm³/mol. The Morgan fingerprint density at radius 2 is 2.10 bits per heavy atom. The number of carbonyl (C=O) groups excluding carboxylic acids is 1. The number of aliphatic carboxylic acids is 1. The van der Waals surface area contributed by atoms with Crippen LogP contribution in [-0.4, -0.2) is 54.4 Å². The van der Waals surface area contributed by atoms with Gasteiger partial charge in [-0.15, -0.1) is 0 Å². The van der Waals surface area contributed by atoms with E-state index in [0.717, 1.165) is 13.1 Å². The molecule has 6 nitrogen and oxygen atoms in total. The number of hydrogen-bond acceptors (Lipinski definition) is 4. The molecule has 0 aromatic heterocycles. The lowest BCUT2D eigenvalue weighted by molar-refractivity contribution is -0.144. The van der Waals surface area contributed by atoms with Crippen molar-refractivity contribution in [3.63, 3.8) is 0 Å². The zero-order chi connectivity index (χ0) is 14.5. The number of amides is 1. The van der Waals surface area contributed by atoms with Crippen LogP contribution in [-0.2, 0) is 9.53 Å². The summed E-state index contributed by atoms with van der Waals surface area (Å²) >= 11 is 0. The van der Waals surface area contributed by atoms with E-state index in [1.165, 1.54) is 19.3 Å². The Morgan fingerprint density at radius 3 is 2.65 bits per heavy atom. The van der Waals surface area contributed by atoms with Gasteiger partial charge in [-0.3, -0.25) is 4.79 Å². The van der Waals surface area contributed by atoms with Gasteiger partial charge in [0.1, 0.15) is 0 Å². The average molecular weight is 284 g/mol. The normalized spacial score (nSPS) is 27.6. The molecule has 1 heterocycles. The molecule has 0 spiro atoms. The van der Waals surface area contributed by atoms with Gasteiger partial charge in [0.05, 0.1) is 12.5 Å². The number of likely N-dealkylation sites (tertiary alicyclic amines) is 1. The molecule has 1 saturated heterocycles. The number of nitrogens with one attached hydrogen (secondary N) is 1. The molecule has 2 unspecified atom stereocenters. The van der Waals surface area contributed by atoms with Crippen LogP contribution in [0.2, 0.25) is 0 Å². The number of nitrogens with zero attached hydrogens (tertiary/aromatic N) is 1. The van der Waals surface area contributed by atoms with Crippen LogP contribution in [0.25, 0.3) is 0 Å². The van der Waals surface area contributed by atoms with Gasteiger partial charge in [0.25, 0.3) is 0 Å². The van der Waals surface area contributed by atoms with Gasteiger partial charge >= 0.3 is 12.1 Å². The fourth-order valence-electron chi connectivity index (χ4n) is 3.00. The van der Waals surface area contributed by atoms with Crippen molar-refractivity contribution in [1.29, 1.82) is 0 Å². The Bertz CT molecular complexity index is 357. The SMILES string of the molecule is CCOC(=O)NC1CC(C(=O)O)CN(CC2CCC2)C1. The summed E-state index contributed by atoms with van der Waals surface area (Å²) in [5.41, 5.74) is 0. The van der Waals surface area contributed by atoms with Crippen LogP contribution in [0.1, 0.15) is 32.6 Å². The van der Waals surface area contributed by atoms with E-state index in [1.807, 2.05) is 0 Å². The predicted octanol–water partition coefficient (Wildman–Crippen LogP) is 1.31. The summed E-state index contributed by atoms with van der Waals surface area (Å²) < 4.78 is 4.87. The van der Waals surface area contributed by atoms with Crippen molar-refractivity contribution < 1.29 is 19.4 Å². The Kier molecular flexibility index (Phi) is 5.23. The molecule has 0 aromatic carbocycles. The van der Waals surface area contributed by atoms with Crippen LogP contribution < -0.4 is 5.32 Å². The maximum atomic E-state index is 11.5. The number of carboxylic acids is 1. The van der Waals surface area contributed by atoms with Gasteiger partial charge in [-0.1, -0.05) is 6.42 Å². The largest absolute Gasteiger partial charge is 0.481 e. The molecule has 114 valence electrons. The molecular formula is C14H24N2O4. The first-order valence-electron chi connectivity index (χ1n) is 7.47. The standard InChI is InChI=1S/C14H24N2O4/c1-2-20-14(19)15-12-6-11(13(17)18)8-16(9-12)7-10-4-3-5-10/h10-12H,2-9H2,1H3,(H,15,19)(H,17,18). The molecule has 2 fully saturated rings. The number of piperidine rings is 1. The minimum atomic E-state index is -0.779. The van der Waals surface area contributed by atoms with E-state index in [9.17, 15) is 14.7 Å². The summed E-state index contributed by atoms with van der Waals surface area (Å²) in [5.74, 6) is -0.486. The van der Waals surface area contributed by atoms with Gasteiger partial charge in [0, 0.05) is 25.7 Å². The van der Waals surface area contributed by atoms with Crippen LogP contribution in [0.5, 0.6) is 0 Å². The molecule has 1 aliphatic heterocycles. The number of hydrogen-bond donors (Lipinski definition) is 2. The number of rotatable bonds is 5. The quantitative estimate of drug-likeness (QED) is 0.795. The van der Waals surface area contributed by atoms with Crippen LogP contribution >= 0.6 is 0 Å². The molecule has 0 aromatic rings. The van der Waals surface area contributed by atoms with Crippen LogP contribution in [0.15, 0.2) is 0 Å². The highest BCUT2D eigenvalue weighted by Gasteiger charge is 2.34. The summed E-state index contributed by atoms with van der Waals surface area (Å²) in [6, 6.07) is -0.135. The zero-order valence-corrected chi connectivity index (χ0v) is 12.0. The molecule has 1 aliphatic carbocycles. The highest BCUT2D eigenvalue weighted by atomic mass is 16.5. The van der Waals surface area contributed by atoms with Crippen molar-refractivity contribution >= 4 is 12.1 Å². The monoisotopic (exact) mass is 284 g/mol. The Morgan fingerprint density at radius 1 is 1.35 bits per heavy atom. The second-order valence-corrected chi connectivity index (χ2v) is 5.85. The van der Waals surface area contributed by atoms with Crippen molar-refractivity contribution in [1.82, 2.24) is 10.2 Å². The lowest BCUT2D eigenvalue weighted by Gasteiger charge is -2.39. The molecular weight excluding hydrogens is 260 g/mol. The summed E-state index contributed by atoms with van der Waals surface area (Å²) in [6.07, 6.45) is 3.79. The van der Waals surface area contributed by atoms with E-state index in [-0.39, 0.29) is 6.04 Å². The summed E-state index contributed by atoms with van der Waals surface area (Å²) in [5, 5.41) is 12.0. The van der Waals surface area contributed by atoms with Crippen LogP contribution in [0.3, 0.4) is 0 Å². The van der Waals surface area contributed by atoms with Gasteiger partial charge in [0.15, 0.2) is 0 Å². The Hall–Kier alpha value is -1.30. The third-order valence-corrected chi connectivity index (χ3v) is 4.21. The van der Waals surface area contributed by atoms with Gasteiger partial charge in [-0.2, -0.15) is 0 Å². The first-order valence-corrected chi connectivity index (χ1v) is 7.47. The Labute approximate surface area is 119 Å². The minimum absolute atomic E-state index is 0.135. The zero-order valence-electron chi connectivity index (χ0n) is 12.0. The third kappa shape index (κ3) is 4.10. The fourth-order valence-corrected chi connectivity index (χ4v) is 3.00. The van der Waals surface area contributed by atoms with Crippen molar-refractivity contribution in [2.45, 2.75) is 38.6 Å². The molecule has 2 N–H and O–H groups in total. The second-order valence-electron chi connectivity index (χ2n) is 5.85. The number of alkyl carbamates (subject to hydrolysis) is 1.